The van der Waals surface area contributed by atoms with Crippen LogP contribution in [-0.2, 0) is 42.9 Å². The van der Waals surface area contributed by atoms with Crippen molar-refractivity contribution in [3.8, 4) is 0 Å². The summed E-state index contributed by atoms with van der Waals surface area (Å²) < 4.78 is 21.3. The zero-order chi connectivity index (χ0) is 24.2. The highest BCUT2D eigenvalue weighted by Gasteiger charge is 2.46. The summed E-state index contributed by atoms with van der Waals surface area (Å²) in [5.74, 6) is -2.41. The van der Waals surface area contributed by atoms with E-state index < -0.39 is 47.7 Å². The molecule has 2 aliphatic rings. The summed E-state index contributed by atoms with van der Waals surface area (Å²) in [5.41, 5.74) is -0.0503. The van der Waals surface area contributed by atoms with Crippen LogP contribution in [0.4, 0.5) is 0 Å². The van der Waals surface area contributed by atoms with E-state index >= 15 is 0 Å². The molecule has 1 aliphatic heterocycles. The second-order valence-electron chi connectivity index (χ2n) is 8.80. The van der Waals surface area contributed by atoms with Crippen LogP contribution in [0.2, 0.25) is 0 Å². The number of ether oxygens (including phenoxy) is 4. The van der Waals surface area contributed by atoms with Crippen molar-refractivity contribution in [2.24, 2.45) is 5.41 Å². The Balaban J connectivity index is 2.31. The van der Waals surface area contributed by atoms with Crippen molar-refractivity contribution in [1.29, 1.82) is 0 Å². The Bertz CT molecular complexity index is 807. The Hall–Kier alpha value is -2.75. The fourth-order valence-corrected chi connectivity index (χ4v) is 3.88. The molecule has 32 heavy (non-hydrogen) atoms. The van der Waals surface area contributed by atoms with Gasteiger partial charge in [-0.15, -0.1) is 0 Å². The van der Waals surface area contributed by atoms with E-state index in [0.29, 0.717) is 5.70 Å². The fourth-order valence-electron chi connectivity index (χ4n) is 3.88. The van der Waals surface area contributed by atoms with Crippen LogP contribution in [0.15, 0.2) is 11.3 Å². The predicted octanol–water partition coefficient (Wildman–Crippen LogP) is 1.16. The van der Waals surface area contributed by atoms with Crippen LogP contribution < -0.4 is 5.32 Å². The van der Waals surface area contributed by atoms with Crippen LogP contribution in [0, 0.1) is 12.0 Å². The van der Waals surface area contributed by atoms with Crippen molar-refractivity contribution in [2.75, 3.05) is 6.61 Å². The highest BCUT2D eigenvalue weighted by atomic mass is 16.6. The van der Waals surface area contributed by atoms with Crippen LogP contribution in [0.1, 0.15) is 54.4 Å². The standard InChI is InChI=1S/C22H30NO9/c1-11(19-16(27)7-22(5,6)8-17(19)28)23-15-9-30-18(10-29-12(2)24)21(32-14(4)26)20(15)31-13(3)25/h9,15,18,20-21,23H,7-8,10H2,1-6H3/t15-,18+,20+,21+/m0/s1. The van der Waals surface area contributed by atoms with Crippen LogP contribution in [-0.4, -0.2) is 60.4 Å². The molecule has 0 amide bonds. The normalized spacial score (nSPS) is 27.4. The average molecular weight is 452 g/mol. The molecule has 0 aromatic carbocycles. The summed E-state index contributed by atoms with van der Waals surface area (Å²) in [5, 5.41) is 3.00. The van der Waals surface area contributed by atoms with E-state index in [-0.39, 0.29) is 36.6 Å². The first-order valence-corrected chi connectivity index (χ1v) is 10.3. The van der Waals surface area contributed by atoms with Gasteiger partial charge in [-0.25, -0.2) is 0 Å². The molecule has 0 bridgehead atoms. The van der Waals surface area contributed by atoms with Crippen LogP contribution in [0.5, 0.6) is 0 Å². The van der Waals surface area contributed by atoms with Crippen molar-refractivity contribution in [3.63, 3.8) is 0 Å². The SMILES string of the molecule is CC(=O)OC[C@H]1O[CH][C@H](NC(C)=C2C(=O)CC(C)(C)CC2=O)[C@@H](OC(C)=O)[C@@H]1OC(C)=O. The van der Waals surface area contributed by atoms with Crippen LogP contribution in [0.3, 0.4) is 0 Å². The Morgan fingerprint density at radius 3 is 2.00 bits per heavy atom. The second-order valence-corrected chi connectivity index (χ2v) is 8.80. The Morgan fingerprint density at radius 2 is 1.50 bits per heavy atom. The molecule has 2 fully saturated rings. The minimum atomic E-state index is -1.10. The number of nitrogens with one attached hydrogen (secondary N) is 1. The largest absolute Gasteiger partial charge is 0.463 e. The van der Waals surface area contributed by atoms with Crippen molar-refractivity contribution in [3.05, 3.63) is 17.9 Å². The van der Waals surface area contributed by atoms with Gasteiger partial charge in [-0.05, 0) is 12.3 Å². The number of carbonyl (C=O) groups is 5. The lowest BCUT2D eigenvalue weighted by Crippen LogP contribution is -2.59. The first kappa shape index (κ1) is 25.5. The smallest absolute Gasteiger partial charge is 0.303 e. The first-order chi connectivity index (χ1) is 14.8. The minimum absolute atomic E-state index is 0.0605. The van der Waals surface area contributed by atoms with E-state index in [4.69, 9.17) is 18.9 Å². The summed E-state index contributed by atoms with van der Waals surface area (Å²) in [6.07, 6.45) is -2.63. The lowest BCUT2D eigenvalue weighted by atomic mass is 9.73. The van der Waals surface area contributed by atoms with Gasteiger partial charge in [0.1, 0.15) is 19.3 Å². The van der Waals surface area contributed by atoms with E-state index in [2.05, 4.69) is 5.32 Å². The molecule has 1 heterocycles. The maximum absolute atomic E-state index is 12.6. The quantitative estimate of drug-likeness (QED) is 0.271. The molecule has 4 atom stereocenters. The summed E-state index contributed by atoms with van der Waals surface area (Å²) in [7, 11) is 0. The van der Waals surface area contributed by atoms with E-state index in [1.165, 1.54) is 27.4 Å². The maximum Gasteiger partial charge on any atom is 0.303 e. The molecule has 10 nitrogen and oxygen atoms in total. The zero-order valence-corrected chi connectivity index (χ0v) is 19.2. The number of ketones is 2. The van der Waals surface area contributed by atoms with Gasteiger partial charge in [-0.3, -0.25) is 24.0 Å². The minimum Gasteiger partial charge on any atom is -0.463 e. The third kappa shape index (κ3) is 6.62. The number of carbonyl (C=O) groups excluding carboxylic acids is 5. The number of allylic oxidation sites excluding steroid dienone is 2. The first-order valence-electron chi connectivity index (χ1n) is 10.3. The summed E-state index contributed by atoms with van der Waals surface area (Å²) in [6, 6.07) is -0.847. The predicted molar refractivity (Wildman–Crippen MR) is 110 cm³/mol. The van der Waals surface area contributed by atoms with E-state index in [9.17, 15) is 24.0 Å². The number of hydrogen-bond donors (Lipinski definition) is 1. The lowest BCUT2D eigenvalue weighted by molar-refractivity contribution is -0.197. The average Bonchev–Trinajstić information content (AvgIpc) is 2.60. The van der Waals surface area contributed by atoms with Gasteiger partial charge in [-0.2, -0.15) is 0 Å². The number of Topliss-reactive ketones (excluding diaryl/α,β-unsaturated/α-hetero) is 2. The third-order valence-electron chi connectivity index (χ3n) is 5.09. The molecule has 1 aliphatic carbocycles. The number of esters is 3. The molecule has 1 N–H and O–H groups in total. The van der Waals surface area contributed by atoms with Crippen molar-refractivity contribution in [2.45, 2.75) is 78.7 Å². The van der Waals surface area contributed by atoms with Gasteiger partial charge in [0, 0.05) is 39.3 Å². The molecular weight excluding hydrogens is 422 g/mol. The zero-order valence-electron chi connectivity index (χ0n) is 19.2. The third-order valence-corrected chi connectivity index (χ3v) is 5.09. The van der Waals surface area contributed by atoms with E-state index in [1.54, 1.807) is 6.92 Å². The van der Waals surface area contributed by atoms with Crippen molar-refractivity contribution >= 4 is 29.5 Å². The van der Waals surface area contributed by atoms with Gasteiger partial charge in [0.25, 0.3) is 0 Å². The highest BCUT2D eigenvalue weighted by molar-refractivity contribution is 6.22. The van der Waals surface area contributed by atoms with Crippen LogP contribution in [0.25, 0.3) is 0 Å². The number of rotatable bonds is 6. The van der Waals surface area contributed by atoms with Crippen molar-refractivity contribution < 1.29 is 42.9 Å². The molecule has 1 saturated carbocycles. The second kappa shape index (κ2) is 10.2. The van der Waals surface area contributed by atoms with Gasteiger partial charge in [0.15, 0.2) is 23.8 Å². The molecule has 0 spiro atoms. The van der Waals surface area contributed by atoms with E-state index in [1.807, 2.05) is 13.8 Å². The molecular formula is C22H30NO9. The molecule has 0 unspecified atom stereocenters. The lowest BCUT2D eigenvalue weighted by Gasteiger charge is -2.41. The van der Waals surface area contributed by atoms with Gasteiger partial charge in [0.2, 0.25) is 0 Å². The molecule has 177 valence electrons. The summed E-state index contributed by atoms with van der Waals surface area (Å²) >= 11 is 0. The van der Waals surface area contributed by atoms with Gasteiger partial charge in [-0.1, -0.05) is 13.8 Å². The summed E-state index contributed by atoms with van der Waals surface area (Å²) in [4.78, 5) is 59.9. The Morgan fingerprint density at radius 1 is 0.969 bits per heavy atom. The molecule has 1 radical (unpaired) electrons. The van der Waals surface area contributed by atoms with Gasteiger partial charge >= 0.3 is 17.9 Å². The molecule has 10 heteroatoms. The Kier molecular flexibility index (Phi) is 8.17. The fraction of sp³-hybridized carbons (Fsp3) is 0.636. The van der Waals surface area contributed by atoms with Gasteiger partial charge in [0.05, 0.1) is 11.6 Å². The van der Waals surface area contributed by atoms with Crippen molar-refractivity contribution in [1.82, 2.24) is 5.32 Å². The number of hydrogen-bond acceptors (Lipinski definition) is 10. The monoisotopic (exact) mass is 452 g/mol. The Labute approximate surface area is 187 Å². The topological polar surface area (TPSA) is 134 Å². The van der Waals surface area contributed by atoms with E-state index in [0.717, 1.165) is 0 Å². The molecule has 0 aromatic heterocycles. The van der Waals surface area contributed by atoms with Gasteiger partial charge < -0.3 is 24.3 Å². The highest BCUT2D eigenvalue weighted by Crippen LogP contribution is 2.35. The molecule has 2 rings (SSSR count). The maximum atomic E-state index is 12.6. The molecule has 0 aromatic rings. The van der Waals surface area contributed by atoms with Crippen LogP contribution >= 0.6 is 0 Å². The summed E-state index contributed by atoms with van der Waals surface area (Å²) in [6.45, 7) is 9.96. The molecule has 1 saturated heterocycles.